The summed E-state index contributed by atoms with van der Waals surface area (Å²) in [5.74, 6) is 1.73. The lowest BCUT2D eigenvalue weighted by molar-refractivity contribution is 0.185. The molecule has 0 aliphatic heterocycles. The Morgan fingerprint density at radius 2 is 1.94 bits per heavy atom. The average molecular weight is 227 g/mol. The molecule has 0 saturated heterocycles. The predicted molar refractivity (Wildman–Crippen MR) is 69.7 cm³/mol. The van der Waals surface area contributed by atoms with Crippen LogP contribution >= 0.6 is 0 Å². The van der Waals surface area contributed by atoms with Gasteiger partial charge in [-0.05, 0) is 44.1 Å². The van der Waals surface area contributed by atoms with Crippen molar-refractivity contribution >= 4 is 0 Å². The molecule has 0 heterocycles. The number of methoxy groups -OCH3 is 1. The van der Waals surface area contributed by atoms with Crippen molar-refractivity contribution in [2.45, 2.75) is 58.4 Å². The molecule has 1 aliphatic rings. The van der Waals surface area contributed by atoms with Crippen LogP contribution in [0.15, 0.2) is 0 Å². The third-order valence-electron chi connectivity index (χ3n) is 3.86. The summed E-state index contributed by atoms with van der Waals surface area (Å²) in [6.45, 7) is 6.81. The SMILES string of the molecule is COCCCCNC1CCCCC1C(C)C. The van der Waals surface area contributed by atoms with Gasteiger partial charge in [0.2, 0.25) is 0 Å². The fourth-order valence-corrected chi connectivity index (χ4v) is 2.87. The van der Waals surface area contributed by atoms with Crippen LogP contribution in [0.4, 0.5) is 0 Å². The van der Waals surface area contributed by atoms with Gasteiger partial charge in [-0.2, -0.15) is 0 Å². The summed E-state index contributed by atoms with van der Waals surface area (Å²) < 4.78 is 5.07. The first-order chi connectivity index (χ1) is 7.75. The molecular formula is C14H29NO. The Balaban J connectivity index is 2.17. The van der Waals surface area contributed by atoms with Crippen molar-refractivity contribution in [3.8, 4) is 0 Å². The van der Waals surface area contributed by atoms with Crippen LogP contribution in [0.2, 0.25) is 0 Å². The molecule has 0 aromatic heterocycles. The first-order valence-electron chi connectivity index (χ1n) is 6.98. The van der Waals surface area contributed by atoms with Crippen molar-refractivity contribution in [2.24, 2.45) is 11.8 Å². The maximum absolute atomic E-state index is 5.07. The largest absolute Gasteiger partial charge is 0.385 e. The van der Waals surface area contributed by atoms with Crippen molar-refractivity contribution < 1.29 is 4.74 Å². The molecule has 0 aromatic carbocycles. The maximum atomic E-state index is 5.07. The summed E-state index contributed by atoms with van der Waals surface area (Å²) in [5.41, 5.74) is 0. The van der Waals surface area contributed by atoms with E-state index >= 15 is 0 Å². The van der Waals surface area contributed by atoms with Gasteiger partial charge in [0, 0.05) is 19.8 Å². The van der Waals surface area contributed by atoms with Crippen molar-refractivity contribution in [3.05, 3.63) is 0 Å². The van der Waals surface area contributed by atoms with Crippen molar-refractivity contribution in [1.29, 1.82) is 0 Å². The van der Waals surface area contributed by atoms with Crippen molar-refractivity contribution in [1.82, 2.24) is 5.32 Å². The summed E-state index contributed by atoms with van der Waals surface area (Å²) in [7, 11) is 1.78. The lowest BCUT2D eigenvalue weighted by Crippen LogP contribution is -2.41. The summed E-state index contributed by atoms with van der Waals surface area (Å²) in [6.07, 6.45) is 8.09. The molecule has 2 unspecified atom stereocenters. The monoisotopic (exact) mass is 227 g/mol. The van der Waals surface area contributed by atoms with Crippen molar-refractivity contribution in [2.75, 3.05) is 20.3 Å². The zero-order chi connectivity index (χ0) is 11.8. The molecule has 2 heteroatoms. The maximum Gasteiger partial charge on any atom is 0.0462 e. The molecule has 0 amide bonds. The molecule has 0 spiro atoms. The second-order valence-corrected chi connectivity index (χ2v) is 5.45. The molecule has 16 heavy (non-hydrogen) atoms. The molecule has 96 valence electrons. The second-order valence-electron chi connectivity index (χ2n) is 5.45. The number of nitrogens with one attached hydrogen (secondary N) is 1. The summed E-state index contributed by atoms with van der Waals surface area (Å²) in [4.78, 5) is 0. The van der Waals surface area contributed by atoms with Crippen LogP contribution in [0.1, 0.15) is 52.4 Å². The van der Waals surface area contributed by atoms with Gasteiger partial charge in [0.05, 0.1) is 0 Å². The third kappa shape index (κ3) is 4.84. The van der Waals surface area contributed by atoms with Gasteiger partial charge in [-0.25, -0.2) is 0 Å². The molecule has 1 N–H and O–H groups in total. The molecule has 1 fully saturated rings. The van der Waals surface area contributed by atoms with Gasteiger partial charge in [-0.1, -0.05) is 26.7 Å². The Bertz CT molecular complexity index is 170. The van der Waals surface area contributed by atoms with Gasteiger partial charge in [-0.15, -0.1) is 0 Å². The highest BCUT2D eigenvalue weighted by molar-refractivity contribution is 4.82. The second kappa shape index (κ2) is 8.08. The zero-order valence-electron chi connectivity index (χ0n) is 11.3. The van der Waals surface area contributed by atoms with Gasteiger partial charge < -0.3 is 10.1 Å². The van der Waals surface area contributed by atoms with Crippen LogP contribution < -0.4 is 5.32 Å². The minimum Gasteiger partial charge on any atom is -0.385 e. The van der Waals surface area contributed by atoms with E-state index in [-0.39, 0.29) is 0 Å². The van der Waals surface area contributed by atoms with E-state index in [9.17, 15) is 0 Å². The number of unbranched alkanes of at least 4 members (excludes halogenated alkanes) is 1. The summed E-state index contributed by atoms with van der Waals surface area (Å²) in [6, 6.07) is 0.774. The Labute approximate surface area is 101 Å². The quantitative estimate of drug-likeness (QED) is 0.674. The van der Waals surface area contributed by atoms with Crippen molar-refractivity contribution in [3.63, 3.8) is 0 Å². The number of rotatable bonds is 7. The normalized spacial score (nSPS) is 26.2. The smallest absolute Gasteiger partial charge is 0.0462 e. The zero-order valence-corrected chi connectivity index (χ0v) is 11.3. The van der Waals surface area contributed by atoms with Crippen LogP contribution in [0, 0.1) is 11.8 Å². The standard InChI is InChI=1S/C14H29NO/c1-12(2)13-8-4-5-9-14(13)15-10-6-7-11-16-3/h12-15H,4-11H2,1-3H3. The van der Waals surface area contributed by atoms with Crippen LogP contribution in [-0.2, 0) is 4.74 Å². The third-order valence-corrected chi connectivity index (χ3v) is 3.86. The van der Waals surface area contributed by atoms with E-state index in [1.807, 2.05) is 0 Å². The average Bonchev–Trinajstić information content (AvgIpc) is 2.29. The number of hydrogen-bond acceptors (Lipinski definition) is 2. The summed E-state index contributed by atoms with van der Waals surface area (Å²) >= 11 is 0. The molecular weight excluding hydrogens is 198 g/mol. The molecule has 2 atom stereocenters. The Kier molecular flexibility index (Phi) is 7.06. The lowest BCUT2D eigenvalue weighted by atomic mass is 9.78. The number of hydrogen-bond donors (Lipinski definition) is 1. The van der Waals surface area contributed by atoms with Gasteiger partial charge in [0.25, 0.3) is 0 Å². The van der Waals surface area contributed by atoms with E-state index in [1.54, 1.807) is 7.11 Å². The molecule has 0 bridgehead atoms. The van der Waals surface area contributed by atoms with Gasteiger partial charge in [-0.3, -0.25) is 0 Å². The molecule has 0 aromatic rings. The Morgan fingerprint density at radius 1 is 1.19 bits per heavy atom. The van der Waals surface area contributed by atoms with E-state index in [4.69, 9.17) is 4.74 Å². The molecule has 1 aliphatic carbocycles. The van der Waals surface area contributed by atoms with Crippen LogP contribution in [0.3, 0.4) is 0 Å². The summed E-state index contributed by atoms with van der Waals surface area (Å²) in [5, 5.41) is 3.76. The molecule has 1 saturated carbocycles. The van der Waals surface area contributed by atoms with E-state index in [0.717, 1.165) is 31.0 Å². The molecule has 1 rings (SSSR count). The number of ether oxygens (including phenoxy) is 1. The van der Waals surface area contributed by atoms with E-state index in [0.29, 0.717) is 0 Å². The minimum absolute atomic E-state index is 0.774. The van der Waals surface area contributed by atoms with E-state index < -0.39 is 0 Å². The molecule has 2 nitrogen and oxygen atoms in total. The highest BCUT2D eigenvalue weighted by Gasteiger charge is 2.26. The topological polar surface area (TPSA) is 21.3 Å². The fraction of sp³-hybridized carbons (Fsp3) is 1.00. The molecule has 0 radical (unpaired) electrons. The first kappa shape index (κ1) is 14.0. The van der Waals surface area contributed by atoms with Crippen LogP contribution in [0.25, 0.3) is 0 Å². The van der Waals surface area contributed by atoms with E-state index in [2.05, 4.69) is 19.2 Å². The Morgan fingerprint density at radius 3 is 2.62 bits per heavy atom. The highest BCUT2D eigenvalue weighted by atomic mass is 16.5. The Hall–Kier alpha value is -0.0800. The van der Waals surface area contributed by atoms with Gasteiger partial charge in [0.15, 0.2) is 0 Å². The minimum atomic E-state index is 0.774. The first-order valence-corrected chi connectivity index (χ1v) is 6.98. The van der Waals surface area contributed by atoms with Crippen LogP contribution in [-0.4, -0.2) is 26.3 Å². The predicted octanol–water partition coefficient (Wildman–Crippen LogP) is 3.22. The van der Waals surface area contributed by atoms with Crippen LogP contribution in [0.5, 0.6) is 0 Å². The fourth-order valence-electron chi connectivity index (χ4n) is 2.87. The highest BCUT2D eigenvalue weighted by Crippen LogP contribution is 2.30. The lowest BCUT2D eigenvalue weighted by Gasteiger charge is -2.35. The van der Waals surface area contributed by atoms with E-state index in [1.165, 1.54) is 38.5 Å². The van der Waals surface area contributed by atoms with Gasteiger partial charge >= 0.3 is 0 Å². The van der Waals surface area contributed by atoms with Gasteiger partial charge in [0.1, 0.15) is 0 Å².